The Labute approximate surface area is 115 Å². The van der Waals surface area contributed by atoms with E-state index >= 15 is 0 Å². The van der Waals surface area contributed by atoms with Crippen LogP contribution in [0, 0.1) is 13.8 Å². The molecule has 1 aliphatic rings. The summed E-state index contributed by atoms with van der Waals surface area (Å²) in [4.78, 5) is 12.2. The molecule has 0 amide bonds. The molecule has 0 bridgehead atoms. The van der Waals surface area contributed by atoms with Crippen molar-refractivity contribution in [2.75, 3.05) is 26.7 Å². The molecule has 6 nitrogen and oxygen atoms in total. The van der Waals surface area contributed by atoms with Crippen LogP contribution in [0.5, 0.6) is 0 Å². The van der Waals surface area contributed by atoms with Gasteiger partial charge in [-0.2, -0.15) is 4.98 Å². The molecule has 1 N–H and O–H groups in total. The number of nitrogens with one attached hydrogen (secondary N) is 1. The van der Waals surface area contributed by atoms with Crippen molar-refractivity contribution in [3.63, 3.8) is 0 Å². The summed E-state index contributed by atoms with van der Waals surface area (Å²) < 4.78 is 5.40. The van der Waals surface area contributed by atoms with Crippen molar-refractivity contribution in [1.29, 1.82) is 0 Å². The minimum Gasteiger partial charge on any atom is -0.333 e. The van der Waals surface area contributed by atoms with E-state index in [1.165, 1.54) is 0 Å². The standard InChI is InChI=1S/C12H17N5OS/c1-7-10(19-8(2)14-7)12-15-11(16-18-12)9-6-13-4-5-17(9)3/h9,13H,4-6H2,1-3H3. The summed E-state index contributed by atoms with van der Waals surface area (Å²) in [5.74, 6) is 1.33. The molecule has 19 heavy (non-hydrogen) atoms. The molecule has 1 aliphatic heterocycles. The molecule has 0 radical (unpaired) electrons. The molecule has 1 unspecified atom stereocenters. The van der Waals surface area contributed by atoms with Gasteiger partial charge >= 0.3 is 0 Å². The van der Waals surface area contributed by atoms with E-state index in [1.54, 1.807) is 11.3 Å². The van der Waals surface area contributed by atoms with Gasteiger partial charge in [0.15, 0.2) is 5.82 Å². The Hall–Kier alpha value is -1.31. The number of likely N-dealkylation sites (N-methyl/N-ethyl adjacent to an activating group) is 1. The van der Waals surface area contributed by atoms with Gasteiger partial charge in [0.25, 0.3) is 5.89 Å². The molecular weight excluding hydrogens is 262 g/mol. The third kappa shape index (κ3) is 2.41. The Bertz CT molecular complexity index is 578. The summed E-state index contributed by atoms with van der Waals surface area (Å²) in [6.07, 6.45) is 0. The smallest absolute Gasteiger partial charge is 0.269 e. The Morgan fingerprint density at radius 1 is 1.37 bits per heavy atom. The summed E-state index contributed by atoms with van der Waals surface area (Å²) >= 11 is 1.59. The molecule has 3 rings (SSSR count). The molecule has 0 spiro atoms. The van der Waals surface area contributed by atoms with E-state index in [2.05, 4.69) is 32.4 Å². The van der Waals surface area contributed by atoms with Crippen molar-refractivity contribution in [3.05, 3.63) is 16.5 Å². The van der Waals surface area contributed by atoms with Crippen molar-refractivity contribution in [2.24, 2.45) is 0 Å². The number of hydrogen-bond acceptors (Lipinski definition) is 7. The van der Waals surface area contributed by atoms with E-state index < -0.39 is 0 Å². The number of thiazole rings is 1. The number of rotatable bonds is 2. The fourth-order valence-corrected chi connectivity index (χ4v) is 3.13. The maximum Gasteiger partial charge on any atom is 0.269 e. The Kier molecular flexibility index (Phi) is 3.34. The molecule has 7 heteroatoms. The van der Waals surface area contributed by atoms with E-state index in [0.717, 1.165) is 41.0 Å². The van der Waals surface area contributed by atoms with Gasteiger partial charge in [0.05, 0.1) is 16.7 Å². The fraction of sp³-hybridized carbons (Fsp3) is 0.583. The average molecular weight is 279 g/mol. The predicted molar refractivity (Wildman–Crippen MR) is 73.1 cm³/mol. The van der Waals surface area contributed by atoms with E-state index in [-0.39, 0.29) is 6.04 Å². The molecule has 1 saturated heterocycles. The lowest BCUT2D eigenvalue weighted by atomic mass is 10.2. The molecule has 1 atom stereocenters. The van der Waals surface area contributed by atoms with Gasteiger partial charge in [-0.25, -0.2) is 4.98 Å². The van der Waals surface area contributed by atoms with Crippen LogP contribution in [-0.4, -0.2) is 46.7 Å². The molecule has 0 saturated carbocycles. The zero-order chi connectivity index (χ0) is 13.4. The van der Waals surface area contributed by atoms with E-state index in [1.807, 2.05) is 13.8 Å². The van der Waals surface area contributed by atoms with Crippen LogP contribution in [-0.2, 0) is 0 Å². The number of hydrogen-bond donors (Lipinski definition) is 1. The van der Waals surface area contributed by atoms with Crippen molar-refractivity contribution < 1.29 is 4.52 Å². The number of piperazine rings is 1. The molecule has 1 fully saturated rings. The highest BCUT2D eigenvalue weighted by Gasteiger charge is 2.26. The van der Waals surface area contributed by atoms with Crippen molar-refractivity contribution in [3.8, 4) is 10.8 Å². The van der Waals surface area contributed by atoms with Crippen LogP contribution in [0.2, 0.25) is 0 Å². The monoisotopic (exact) mass is 279 g/mol. The van der Waals surface area contributed by atoms with Gasteiger partial charge < -0.3 is 9.84 Å². The second-order valence-corrected chi connectivity index (χ2v) is 6.01. The molecular formula is C12H17N5OS. The second-order valence-electron chi connectivity index (χ2n) is 4.81. The lowest BCUT2D eigenvalue weighted by Crippen LogP contribution is -2.44. The zero-order valence-corrected chi connectivity index (χ0v) is 12.1. The maximum atomic E-state index is 5.40. The Morgan fingerprint density at radius 3 is 2.89 bits per heavy atom. The van der Waals surface area contributed by atoms with Crippen LogP contribution >= 0.6 is 11.3 Å². The summed E-state index contributed by atoms with van der Waals surface area (Å²) in [5.41, 5.74) is 0.952. The highest BCUT2D eigenvalue weighted by atomic mass is 32.1. The molecule has 102 valence electrons. The van der Waals surface area contributed by atoms with Crippen LogP contribution in [0.1, 0.15) is 22.6 Å². The van der Waals surface area contributed by atoms with Crippen molar-refractivity contribution in [2.45, 2.75) is 19.9 Å². The summed E-state index contributed by atoms with van der Waals surface area (Å²) in [6.45, 7) is 6.81. The number of aryl methyl sites for hydroxylation is 2. The van der Waals surface area contributed by atoms with Crippen LogP contribution in [0.15, 0.2) is 4.52 Å². The van der Waals surface area contributed by atoms with Crippen LogP contribution < -0.4 is 5.32 Å². The topological polar surface area (TPSA) is 67.1 Å². The SMILES string of the molecule is Cc1nc(C)c(-c2nc(C3CNCCN3C)no2)s1. The van der Waals surface area contributed by atoms with E-state index in [4.69, 9.17) is 4.52 Å². The molecule has 0 aromatic carbocycles. The highest BCUT2D eigenvalue weighted by molar-refractivity contribution is 7.15. The highest BCUT2D eigenvalue weighted by Crippen LogP contribution is 2.29. The quantitative estimate of drug-likeness (QED) is 0.896. The maximum absolute atomic E-state index is 5.40. The van der Waals surface area contributed by atoms with Gasteiger partial charge in [0, 0.05) is 19.6 Å². The van der Waals surface area contributed by atoms with Gasteiger partial charge in [-0.05, 0) is 20.9 Å². The first kappa shape index (κ1) is 12.7. The fourth-order valence-electron chi connectivity index (χ4n) is 2.29. The minimum atomic E-state index is 0.181. The van der Waals surface area contributed by atoms with Crippen molar-refractivity contribution >= 4 is 11.3 Å². The first-order valence-electron chi connectivity index (χ1n) is 6.34. The lowest BCUT2D eigenvalue weighted by molar-refractivity contribution is 0.190. The van der Waals surface area contributed by atoms with Gasteiger partial charge in [0.2, 0.25) is 0 Å². The summed E-state index contributed by atoms with van der Waals surface area (Å²) in [7, 11) is 2.09. The molecule has 2 aromatic heterocycles. The van der Waals surface area contributed by atoms with Gasteiger partial charge in [-0.15, -0.1) is 11.3 Å². The Morgan fingerprint density at radius 2 is 2.21 bits per heavy atom. The van der Waals surface area contributed by atoms with Gasteiger partial charge in [-0.1, -0.05) is 5.16 Å². The Balaban J connectivity index is 1.88. The first-order chi connectivity index (χ1) is 9.15. The van der Waals surface area contributed by atoms with Crippen LogP contribution in [0.3, 0.4) is 0 Å². The number of nitrogens with zero attached hydrogens (tertiary/aromatic N) is 4. The summed E-state index contributed by atoms with van der Waals surface area (Å²) in [5, 5.41) is 8.50. The lowest BCUT2D eigenvalue weighted by Gasteiger charge is -2.30. The molecule has 3 heterocycles. The van der Waals surface area contributed by atoms with Crippen LogP contribution in [0.25, 0.3) is 10.8 Å². The molecule has 2 aromatic rings. The van der Waals surface area contributed by atoms with E-state index in [0.29, 0.717) is 5.89 Å². The van der Waals surface area contributed by atoms with E-state index in [9.17, 15) is 0 Å². The van der Waals surface area contributed by atoms with Crippen LogP contribution in [0.4, 0.5) is 0 Å². The minimum absolute atomic E-state index is 0.181. The third-order valence-corrected chi connectivity index (χ3v) is 4.41. The second kappa shape index (κ2) is 4.99. The third-order valence-electron chi connectivity index (χ3n) is 3.35. The average Bonchev–Trinajstić information content (AvgIpc) is 2.96. The zero-order valence-electron chi connectivity index (χ0n) is 11.3. The first-order valence-corrected chi connectivity index (χ1v) is 7.16. The normalized spacial score (nSPS) is 20.9. The largest absolute Gasteiger partial charge is 0.333 e. The molecule has 0 aliphatic carbocycles. The van der Waals surface area contributed by atoms with Gasteiger partial charge in [-0.3, -0.25) is 4.90 Å². The van der Waals surface area contributed by atoms with Gasteiger partial charge in [0.1, 0.15) is 4.88 Å². The summed E-state index contributed by atoms with van der Waals surface area (Å²) in [6, 6.07) is 0.181. The predicted octanol–water partition coefficient (Wildman–Crippen LogP) is 1.39. The van der Waals surface area contributed by atoms with Crippen molar-refractivity contribution in [1.82, 2.24) is 25.3 Å². The number of aromatic nitrogens is 3.